The monoisotopic (exact) mass is 539 g/mol. The van der Waals surface area contributed by atoms with Crippen LogP contribution in [0.4, 0.5) is 4.79 Å². The van der Waals surface area contributed by atoms with Crippen LogP contribution >= 0.6 is 7.82 Å². The molecule has 0 aromatic rings. The van der Waals surface area contributed by atoms with Crippen molar-refractivity contribution >= 4 is 13.9 Å². The van der Waals surface area contributed by atoms with Gasteiger partial charge in [-0.1, -0.05) is 90.4 Å². The van der Waals surface area contributed by atoms with Crippen molar-refractivity contribution in [3.8, 4) is 0 Å². The number of phosphoric acid groups is 1. The summed E-state index contributed by atoms with van der Waals surface area (Å²) in [6, 6.07) is 0. The van der Waals surface area contributed by atoms with Gasteiger partial charge in [0, 0.05) is 13.7 Å². The van der Waals surface area contributed by atoms with Crippen molar-refractivity contribution in [3.63, 3.8) is 0 Å². The second-order valence-electron chi connectivity index (χ2n) is 10.6. The average Bonchev–Trinajstić information content (AvgIpc) is 2.81. The predicted molar refractivity (Wildman–Crippen MR) is 145 cm³/mol. The van der Waals surface area contributed by atoms with Crippen molar-refractivity contribution in [3.05, 3.63) is 0 Å². The molecule has 0 aliphatic heterocycles. The maximum absolute atomic E-state index is 12.1. The summed E-state index contributed by atoms with van der Waals surface area (Å²) in [4.78, 5) is 21.5. The lowest BCUT2D eigenvalue weighted by molar-refractivity contribution is -0.870. The van der Waals surface area contributed by atoms with Crippen LogP contribution in [-0.4, -0.2) is 82.7 Å². The highest BCUT2D eigenvalue weighted by atomic mass is 31.2. The molecule has 2 atom stereocenters. The Hall–Kier alpha value is -0.700. The molecule has 9 nitrogen and oxygen atoms in total. The summed E-state index contributed by atoms with van der Waals surface area (Å²) in [5, 5.41) is 2.36. The molecule has 36 heavy (non-hydrogen) atoms. The van der Waals surface area contributed by atoms with E-state index < -0.39 is 20.0 Å². The Balaban J connectivity index is 3.88. The molecule has 0 heterocycles. The molecule has 0 bridgehead atoms. The van der Waals surface area contributed by atoms with Gasteiger partial charge in [-0.15, -0.1) is 0 Å². The number of hydrogen-bond donors (Lipinski definition) is 2. The number of unbranched alkanes of at least 4 members (excludes halogenated alkanes) is 13. The first kappa shape index (κ1) is 35.3. The highest BCUT2D eigenvalue weighted by Gasteiger charge is 2.26. The molecular weight excluding hydrogens is 483 g/mol. The molecule has 2 N–H and O–H groups in total. The average molecular weight is 540 g/mol. The number of rotatable bonds is 25. The molecule has 0 saturated heterocycles. The minimum absolute atomic E-state index is 0.0773. The summed E-state index contributed by atoms with van der Waals surface area (Å²) in [5.41, 5.74) is 0. The molecule has 0 aromatic heterocycles. The molecule has 0 rings (SSSR count). The molecule has 1 amide bonds. The molecule has 1 unspecified atom stereocenters. The number of hydrogen-bond acceptors (Lipinski definition) is 6. The van der Waals surface area contributed by atoms with Gasteiger partial charge in [0.15, 0.2) is 6.10 Å². The Labute approximate surface area is 220 Å². The third-order valence-corrected chi connectivity index (χ3v) is 6.85. The molecule has 10 heteroatoms. The van der Waals surface area contributed by atoms with Gasteiger partial charge < -0.3 is 24.2 Å². The van der Waals surface area contributed by atoms with Crippen molar-refractivity contribution in [1.29, 1.82) is 0 Å². The van der Waals surface area contributed by atoms with Gasteiger partial charge >= 0.3 is 13.9 Å². The lowest BCUT2D eigenvalue weighted by Crippen LogP contribution is -2.37. The smallest absolute Gasteiger partial charge is 0.441 e. The summed E-state index contributed by atoms with van der Waals surface area (Å²) >= 11 is 0. The van der Waals surface area contributed by atoms with Crippen molar-refractivity contribution < 1.29 is 37.3 Å². The standard InChI is InChI=1S/C26H55N2O7P/c1-6-7-8-9-10-11-12-13-14-15-16-17-18-19-21-32-23-25(35-26(29)27-2)24-34-36(30,31)33-22-20-28(3,4)5/h25H,6-24H2,1-5H3,(H-,27,29,30,31)/p+1/t25-/m0/s1. The zero-order valence-corrected chi connectivity index (χ0v) is 24.7. The Bertz CT molecular complexity index is 573. The number of carbonyl (C=O) groups excluding carboxylic acids is 1. The van der Waals surface area contributed by atoms with Gasteiger partial charge in [-0.2, -0.15) is 0 Å². The maximum Gasteiger partial charge on any atom is 0.472 e. The number of alkyl carbamates (subject to hydrolysis) is 1. The summed E-state index contributed by atoms with van der Waals surface area (Å²) < 4.78 is 33.5. The molecule has 0 aromatic carbocycles. The van der Waals surface area contributed by atoms with Crippen LogP contribution in [0.25, 0.3) is 0 Å². The van der Waals surface area contributed by atoms with Gasteiger partial charge in [0.2, 0.25) is 0 Å². The Kier molecular flexibility index (Phi) is 21.9. The Morgan fingerprint density at radius 1 is 0.806 bits per heavy atom. The first-order valence-corrected chi connectivity index (χ1v) is 15.5. The van der Waals surface area contributed by atoms with Gasteiger partial charge in [-0.25, -0.2) is 9.36 Å². The van der Waals surface area contributed by atoms with Gasteiger partial charge in [-0.05, 0) is 6.42 Å². The van der Waals surface area contributed by atoms with Crippen LogP contribution in [0, 0.1) is 0 Å². The number of nitrogens with one attached hydrogen (secondary N) is 1. The normalized spacial score (nSPS) is 14.4. The maximum atomic E-state index is 12.1. The summed E-state index contributed by atoms with van der Waals surface area (Å²) in [7, 11) is 3.07. The van der Waals surface area contributed by atoms with E-state index in [9.17, 15) is 14.3 Å². The van der Waals surface area contributed by atoms with E-state index in [1.165, 1.54) is 84.1 Å². The van der Waals surface area contributed by atoms with Gasteiger partial charge in [0.1, 0.15) is 13.2 Å². The molecule has 0 saturated carbocycles. The van der Waals surface area contributed by atoms with E-state index in [1.807, 2.05) is 21.1 Å². The van der Waals surface area contributed by atoms with Crippen LogP contribution in [0.1, 0.15) is 96.8 Å². The van der Waals surface area contributed by atoms with Crippen molar-refractivity contribution in [2.75, 3.05) is 61.2 Å². The van der Waals surface area contributed by atoms with E-state index >= 15 is 0 Å². The van der Waals surface area contributed by atoms with Crippen LogP contribution in [0.15, 0.2) is 0 Å². The number of likely N-dealkylation sites (N-methyl/N-ethyl adjacent to an activating group) is 1. The topological polar surface area (TPSA) is 103 Å². The summed E-state index contributed by atoms with van der Waals surface area (Å²) in [6.45, 7) is 3.23. The quantitative estimate of drug-likeness (QED) is 0.0827. The molecule has 0 fully saturated rings. The van der Waals surface area contributed by atoms with Crippen molar-refractivity contribution in [2.45, 2.75) is 103 Å². The van der Waals surface area contributed by atoms with E-state index in [2.05, 4.69) is 12.2 Å². The molecule has 216 valence electrons. The van der Waals surface area contributed by atoms with Crippen LogP contribution in [0.5, 0.6) is 0 Å². The second kappa shape index (κ2) is 22.3. The van der Waals surface area contributed by atoms with E-state index in [4.69, 9.17) is 18.5 Å². The van der Waals surface area contributed by atoms with Crippen LogP contribution in [0.3, 0.4) is 0 Å². The van der Waals surface area contributed by atoms with Crippen LogP contribution in [-0.2, 0) is 23.1 Å². The van der Waals surface area contributed by atoms with E-state index in [0.717, 1.165) is 12.8 Å². The highest BCUT2D eigenvalue weighted by Crippen LogP contribution is 2.43. The minimum Gasteiger partial charge on any atom is -0.441 e. The number of carbonyl (C=O) groups is 1. The number of amides is 1. The highest BCUT2D eigenvalue weighted by molar-refractivity contribution is 7.47. The molecule has 0 aliphatic carbocycles. The Morgan fingerprint density at radius 3 is 1.78 bits per heavy atom. The van der Waals surface area contributed by atoms with Gasteiger partial charge in [0.25, 0.3) is 0 Å². The number of quaternary nitrogens is 1. The van der Waals surface area contributed by atoms with E-state index in [0.29, 0.717) is 17.6 Å². The fraction of sp³-hybridized carbons (Fsp3) is 0.962. The third kappa shape index (κ3) is 25.0. The lowest BCUT2D eigenvalue weighted by atomic mass is 10.0. The first-order chi connectivity index (χ1) is 17.1. The van der Waals surface area contributed by atoms with Crippen molar-refractivity contribution in [1.82, 2.24) is 5.32 Å². The molecule has 0 spiro atoms. The van der Waals surface area contributed by atoms with Crippen molar-refractivity contribution in [2.24, 2.45) is 0 Å². The molecule has 0 radical (unpaired) electrons. The fourth-order valence-corrected chi connectivity index (χ4v) is 4.33. The molecular formula is C26H56N2O7P+. The minimum atomic E-state index is -4.24. The van der Waals surface area contributed by atoms with E-state index in [1.54, 1.807) is 0 Å². The first-order valence-electron chi connectivity index (χ1n) is 14.0. The lowest BCUT2D eigenvalue weighted by Gasteiger charge is -2.24. The van der Waals surface area contributed by atoms with Gasteiger partial charge in [0.05, 0.1) is 34.4 Å². The molecule has 0 aliphatic rings. The SMILES string of the molecule is CCCCCCCCCCCCCCCCOC[C@@H](COP(=O)(O)OCC[N+](C)(C)C)OC(=O)NC. The van der Waals surface area contributed by atoms with Crippen LogP contribution < -0.4 is 5.32 Å². The zero-order valence-electron chi connectivity index (χ0n) is 23.8. The van der Waals surface area contributed by atoms with E-state index in [-0.39, 0.29) is 19.8 Å². The Morgan fingerprint density at radius 2 is 1.31 bits per heavy atom. The van der Waals surface area contributed by atoms with Gasteiger partial charge in [-0.3, -0.25) is 9.05 Å². The predicted octanol–water partition coefficient (Wildman–Crippen LogP) is 6.05. The summed E-state index contributed by atoms with van der Waals surface area (Å²) in [5.74, 6) is 0. The van der Waals surface area contributed by atoms with Crippen LogP contribution in [0.2, 0.25) is 0 Å². The second-order valence-corrected chi connectivity index (χ2v) is 12.0. The third-order valence-electron chi connectivity index (χ3n) is 5.86. The zero-order chi connectivity index (χ0) is 27.1. The number of phosphoric ester groups is 1. The number of nitrogens with zero attached hydrogens (tertiary/aromatic N) is 1. The summed E-state index contributed by atoms with van der Waals surface area (Å²) in [6.07, 6.45) is 16.6. The fourth-order valence-electron chi connectivity index (χ4n) is 3.58. The largest absolute Gasteiger partial charge is 0.472 e. The number of ether oxygens (including phenoxy) is 2.